The van der Waals surface area contributed by atoms with Crippen molar-refractivity contribution in [1.29, 1.82) is 0 Å². The van der Waals surface area contributed by atoms with Crippen LogP contribution in [0.5, 0.6) is 0 Å². The molecular formula is C14H28N2S2. The van der Waals surface area contributed by atoms with E-state index < -0.39 is 0 Å². The summed E-state index contributed by atoms with van der Waals surface area (Å²) in [6, 6.07) is 1.42. The summed E-state index contributed by atoms with van der Waals surface area (Å²) in [7, 11) is 0. The highest BCUT2D eigenvalue weighted by molar-refractivity contribution is 8.06. The van der Waals surface area contributed by atoms with Crippen LogP contribution in [0.15, 0.2) is 0 Å². The van der Waals surface area contributed by atoms with E-state index in [1.807, 2.05) is 0 Å². The van der Waals surface area contributed by atoms with Crippen molar-refractivity contribution >= 4 is 23.5 Å². The highest BCUT2D eigenvalue weighted by Gasteiger charge is 2.28. The van der Waals surface area contributed by atoms with Gasteiger partial charge in [0.25, 0.3) is 0 Å². The van der Waals surface area contributed by atoms with Crippen LogP contribution in [0.3, 0.4) is 0 Å². The molecule has 106 valence electrons. The fourth-order valence-corrected chi connectivity index (χ4v) is 5.57. The molecule has 2 heterocycles. The molecule has 0 aromatic heterocycles. The third-order valence-electron chi connectivity index (χ3n) is 3.86. The number of hydrogen-bond donors (Lipinski definition) is 1. The third kappa shape index (κ3) is 4.62. The largest absolute Gasteiger partial charge is 0.311 e. The second-order valence-corrected chi connectivity index (χ2v) is 8.66. The molecule has 0 amide bonds. The lowest BCUT2D eigenvalue weighted by Gasteiger charge is -2.41. The first-order valence-electron chi connectivity index (χ1n) is 7.32. The van der Waals surface area contributed by atoms with Gasteiger partial charge >= 0.3 is 0 Å². The molecule has 0 aliphatic carbocycles. The van der Waals surface area contributed by atoms with Gasteiger partial charge in [-0.1, -0.05) is 13.8 Å². The summed E-state index contributed by atoms with van der Waals surface area (Å²) in [6.07, 6.45) is 1.32. The average Bonchev–Trinajstić information content (AvgIpc) is 2.34. The predicted octanol–water partition coefficient (Wildman–Crippen LogP) is 2.54. The van der Waals surface area contributed by atoms with Crippen LogP contribution in [0.2, 0.25) is 0 Å². The molecule has 2 aliphatic heterocycles. The first-order chi connectivity index (χ1) is 8.65. The number of rotatable bonds is 4. The molecule has 0 aromatic carbocycles. The van der Waals surface area contributed by atoms with Crippen molar-refractivity contribution in [3.63, 3.8) is 0 Å². The Balaban J connectivity index is 1.80. The Morgan fingerprint density at radius 3 is 2.83 bits per heavy atom. The summed E-state index contributed by atoms with van der Waals surface area (Å²) in [5, 5.41) is 4.58. The van der Waals surface area contributed by atoms with E-state index in [2.05, 4.69) is 54.5 Å². The van der Waals surface area contributed by atoms with Gasteiger partial charge in [0.2, 0.25) is 0 Å². The van der Waals surface area contributed by atoms with Gasteiger partial charge in [-0.15, -0.1) is 0 Å². The van der Waals surface area contributed by atoms with Crippen molar-refractivity contribution in [3.05, 3.63) is 0 Å². The molecule has 0 radical (unpaired) electrons. The molecule has 3 atom stereocenters. The van der Waals surface area contributed by atoms with Gasteiger partial charge in [-0.05, 0) is 19.3 Å². The maximum Gasteiger partial charge on any atom is 0.0265 e. The van der Waals surface area contributed by atoms with Crippen molar-refractivity contribution in [2.45, 2.75) is 44.5 Å². The van der Waals surface area contributed by atoms with E-state index in [1.54, 1.807) is 0 Å². The van der Waals surface area contributed by atoms with Gasteiger partial charge in [-0.2, -0.15) is 23.5 Å². The SMILES string of the molecule is CC(C)CC1CN(CC2CSCCS2)C(C)CN1. The standard InChI is InChI=1S/C14H28N2S2/c1-11(2)6-13-8-16(12(3)7-15-13)9-14-10-17-4-5-18-14/h11-15H,4-10H2,1-3H3. The topological polar surface area (TPSA) is 15.3 Å². The Kier molecular flexibility index (Phi) is 6.19. The maximum absolute atomic E-state index is 3.71. The zero-order valence-electron chi connectivity index (χ0n) is 12.0. The maximum atomic E-state index is 3.71. The zero-order chi connectivity index (χ0) is 13.0. The van der Waals surface area contributed by atoms with E-state index in [1.165, 1.54) is 43.3 Å². The normalized spacial score (nSPS) is 35.0. The smallest absolute Gasteiger partial charge is 0.0265 e. The quantitative estimate of drug-likeness (QED) is 0.855. The highest BCUT2D eigenvalue weighted by Crippen LogP contribution is 2.26. The molecule has 0 saturated carbocycles. The van der Waals surface area contributed by atoms with Crippen molar-refractivity contribution in [3.8, 4) is 0 Å². The first kappa shape index (κ1) is 15.0. The molecule has 2 rings (SSSR count). The summed E-state index contributed by atoms with van der Waals surface area (Å²) in [5.74, 6) is 4.87. The number of piperazine rings is 1. The Bertz CT molecular complexity index is 242. The lowest BCUT2D eigenvalue weighted by Crippen LogP contribution is -2.57. The summed E-state index contributed by atoms with van der Waals surface area (Å²) in [6.45, 7) is 10.8. The van der Waals surface area contributed by atoms with E-state index >= 15 is 0 Å². The van der Waals surface area contributed by atoms with Crippen LogP contribution in [-0.4, -0.2) is 59.1 Å². The monoisotopic (exact) mass is 288 g/mol. The van der Waals surface area contributed by atoms with Gasteiger partial charge in [-0.25, -0.2) is 0 Å². The Labute approximate surface area is 121 Å². The van der Waals surface area contributed by atoms with Crippen molar-refractivity contribution < 1.29 is 0 Å². The molecule has 2 aliphatic rings. The molecule has 0 aromatic rings. The minimum Gasteiger partial charge on any atom is -0.311 e. The molecule has 0 bridgehead atoms. The van der Waals surface area contributed by atoms with Gasteiger partial charge in [0.1, 0.15) is 0 Å². The second-order valence-electron chi connectivity index (χ2n) is 6.11. The van der Waals surface area contributed by atoms with Gasteiger partial charge in [-0.3, -0.25) is 4.90 Å². The van der Waals surface area contributed by atoms with E-state index in [0.717, 1.165) is 11.2 Å². The van der Waals surface area contributed by atoms with Crippen LogP contribution in [0.4, 0.5) is 0 Å². The lowest BCUT2D eigenvalue weighted by molar-refractivity contribution is 0.134. The van der Waals surface area contributed by atoms with Crippen LogP contribution in [0, 0.1) is 5.92 Å². The van der Waals surface area contributed by atoms with Crippen LogP contribution in [0.1, 0.15) is 27.2 Å². The predicted molar refractivity (Wildman–Crippen MR) is 85.9 cm³/mol. The fraction of sp³-hybridized carbons (Fsp3) is 1.00. The average molecular weight is 289 g/mol. The van der Waals surface area contributed by atoms with Crippen molar-refractivity contribution in [2.24, 2.45) is 5.92 Å². The molecule has 0 spiro atoms. The number of hydrogen-bond acceptors (Lipinski definition) is 4. The van der Waals surface area contributed by atoms with Crippen molar-refractivity contribution in [2.75, 3.05) is 36.9 Å². The van der Waals surface area contributed by atoms with E-state index in [-0.39, 0.29) is 0 Å². The van der Waals surface area contributed by atoms with Gasteiger partial charge < -0.3 is 5.32 Å². The van der Waals surface area contributed by atoms with Crippen LogP contribution in [-0.2, 0) is 0 Å². The van der Waals surface area contributed by atoms with Crippen LogP contribution >= 0.6 is 23.5 Å². The lowest BCUT2D eigenvalue weighted by atomic mass is 10.00. The molecular weight excluding hydrogens is 260 g/mol. The number of nitrogens with one attached hydrogen (secondary N) is 1. The molecule has 1 N–H and O–H groups in total. The van der Waals surface area contributed by atoms with E-state index in [0.29, 0.717) is 12.1 Å². The molecule has 3 unspecified atom stereocenters. The van der Waals surface area contributed by atoms with Gasteiger partial charge in [0.15, 0.2) is 0 Å². The molecule has 4 heteroatoms. The minimum absolute atomic E-state index is 0.709. The van der Waals surface area contributed by atoms with Crippen molar-refractivity contribution in [1.82, 2.24) is 10.2 Å². The summed E-state index contributed by atoms with van der Waals surface area (Å²) < 4.78 is 0. The second kappa shape index (κ2) is 7.41. The molecule has 2 fully saturated rings. The fourth-order valence-electron chi connectivity index (χ4n) is 2.88. The Morgan fingerprint density at radius 1 is 1.33 bits per heavy atom. The number of thioether (sulfide) groups is 2. The number of nitrogens with zero attached hydrogens (tertiary/aromatic N) is 1. The summed E-state index contributed by atoms with van der Waals surface area (Å²) >= 11 is 4.33. The molecule has 2 nitrogen and oxygen atoms in total. The minimum atomic E-state index is 0.709. The van der Waals surface area contributed by atoms with Crippen LogP contribution in [0.25, 0.3) is 0 Å². The van der Waals surface area contributed by atoms with Gasteiger partial charge in [0.05, 0.1) is 0 Å². The van der Waals surface area contributed by atoms with Crippen LogP contribution < -0.4 is 5.32 Å². The van der Waals surface area contributed by atoms with E-state index in [9.17, 15) is 0 Å². The first-order valence-corrected chi connectivity index (χ1v) is 9.52. The third-order valence-corrected chi connectivity index (χ3v) is 6.69. The molecule has 2 saturated heterocycles. The Morgan fingerprint density at radius 2 is 2.17 bits per heavy atom. The highest BCUT2D eigenvalue weighted by atomic mass is 32.2. The summed E-state index contributed by atoms with van der Waals surface area (Å²) in [4.78, 5) is 2.73. The van der Waals surface area contributed by atoms with E-state index in [4.69, 9.17) is 0 Å². The zero-order valence-corrected chi connectivity index (χ0v) is 13.7. The molecule has 18 heavy (non-hydrogen) atoms. The Hall–Kier alpha value is 0.620. The van der Waals surface area contributed by atoms with Gasteiger partial charge in [0, 0.05) is 54.2 Å². The summed E-state index contributed by atoms with van der Waals surface area (Å²) in [5.41, 5.74) is 0.